The van der Waals surface area contributed by atoms with Gasteiger partial charge < -0.3 is 9.30 Å². The fourth-order valence-electron chi connectivity index (χ4n) is 0.770. The van der Waals surface area contributed by atoms with Gasteiger partial charge in [-0.05, 0) is 12.2 Å². The van der Waals surface area contributed by atoms with E-state index < -0.39 is 0 Å². The average Bonchev–Trinajstić information content (AvgIpc) is 2.47. The van der Waals surface area contributed by atoms with Gasteiger partial charge in [0.1, 0.15) is 0 Å². The Kier molecular flexibility index (Phi) is 3.43. The number of ether oxygens (including phenoxy) is 1. The number of nitrogens with zero attached hydrogens (tertiary/aromatic N) is 1. The zero-order chi connectivity index (χ0) is 8.97. The molecule has 5 heteroatoms. The number of carbonyl (C=O) groups is 1. The van der Waals surface area contributed by atoms with Crippen LogP contribution >= 0.6 is 23.6 Å². The Morgan fingerprint density at radius 2 is 2.58 bits per heavy atom. The van der Waals surface area contributed by atoms with Crippen LogP contribution in [0, 0.1) is 3.95 Å². The fourth-order valence-corrected chi connectivity index (χ4v) is 1.70. The van der Waals surface area contributed by atoms with Crippen molar-refractivity contribution < 1.29 is 9.53 Å². The van der Waals surface area contributed by atoms with Crippen molar-refractivity contribution >= 4 is 29.5 Å². The first kappa shape index (κ1) is 9.41. The van der Waals surface area contributed by atoms with Crippen LogP contribution in [0.5, 0.6) is 0 Å². The van der Waals surface area contributed by atoms with E-state index in [0.717, 1.165) is 3.95 Å². The predicted molar refractivity (Wildman–Crippen MR) is 49.8 cm³/mol. The summed E-state index contributed by atoms with van der Waals surface area (Å²) in [6.07, 6.45) is 2.25. The maximum atomic E-state index is 10.8. The molecule has 0 amide bonds. The smallest absolute Gasteiger partial charge is 0.307 e. The number of thiazole rings is 1. The molecule has 3 nitrogen and oxygen atoms in total. The molecule has 1 rings (SSSR count). The third-order valence-electron chi connectivity index (χ3n) is 1.43. The Hall–Kier alpha value is -0.680. The van der Waals surface area contributed by atoms with Crippen LogP contribution in [0.4, 0.5) is 0 Å². The van der Waals surface area contributed by atoms with E-state index in [1.807, 2.05) is 16.1 Å². The van der Waals surface area contributed by atoms with Crippen molar-refractivity contribution in [2.24, 2.45) is 0 Å². The molecule has 0 atom stereocenters. The van der Waals surface area contributed by atoms with Gasteiger partial charge in [0.05, 0.1) is 13.5 Å². The molecule has 0 aromatic carbocycles. The summed E-state index contributed by atoms with van der Waals surface area (Å²) in [5, 5.41) is 1.90. The van der Waals surface area contributed by atoms with E-state index in [9.17, 15) is 4.79 Å². The molecular weight excluding hydrogens is 194 g/mol. The number of aromatic nitrogens is 1. The van der Waals surface area contributed by atoms with Gasteiger partial charge in [-0.25, -0.2) is 0 Å². The quantitative estimate of drug-likeness (QED) is 0.555. The van der Waals surface area contributed by atoms with Gasteiger partial charge in [0, 0.05) is 18.1 Å². The Balaban J connectivity index is 2.49. The van der Waals surface area contributed by atoms with Gasteiger partial charge >= 0.3 is 5.97 Å². The third kappa shape index (κ3) is 2.42. The van der Waals surface area contributed by atoms with E-state index in [2.05, 4.69) is 4.74 Å². The number of rotatable bonds is 3. The zero-order valence-corrected chi connectivity index (χ0v) is 8.28. The summed E-state index contributed by atoms with van der Waals surface area (Å²) in [5.74, 6) is -0.205. The number of carbonyl (C=O) groups excluding carboxylic acids is 1. The molecule has 0 unspecified atom stereocenters. The van der Waals surface area contributed by atoms with Crippen molar-refractivity contribution in [1.82, 2.24) is 4.57 Å². The second-order valence-electron chi connectivity index (χ2n) is 2.19. The van der Waals surface area contributed by atoms with Crippen LogP contribution in [-0.2, 0) is 16.1 Å². The number of hydrogen-bond donors (Lipinski definition) is 0. The van der Waals surface area contributed by atoms with Gasteiger partial charge in [0.2, 0.25) is 0 Å². The van der Waals surface area contributed by atoms with Gasteiger partial charge in [0.15, 0.2) is 3.95 Å². The number of hydrogen-bond acceptors (Lipinski definition) is 4. The molecule has 66 valence electrons. The highest BCUT2D eigenvalue weighted by Crippen LogP contribution is 2.03. The van der Waals surface area contributed by atoms with Crippen molar-refractivity contribution in [3.05, 3.63) is 15.5 Å². The highest BCUT2D eigenvalue weighted by molar-refractivity contribution is 7.73. The minimum absolute atomic E-state index is 0.205. The summed E-state index contributed by atoms with van der Waals surface area (Å²) in [6.45, 7) is 0.606. The van der Waals surface area contributed by atoms with E-state index in [1.54, 1.807) is 0 Å². The first-order chi connectivity index (χ1) is 5.74. The van der Waals surface area contributed by atoms with Crippen LogP contribution in [0.15, 0.2) is 11.6 Å². The van der Waals surface area contributed by atoms with Crippen molar-refractivity contribution in [1.29, 1.82) is 0 Å². The molecule has 0 aliphatic heterocycles. The Labute approximate surface area is 79.6 Å². The largest absolute Gasteiger partial charge is 0.469 e. The van der Waals surface area contributed by atoms with Crippen LogP contribution in [-0.4, -0.2) is 17.6 Å². The molecule has 0 saturated heterocycles. The number of aryl methyl sites for hydroxylation is 1. The molecule has 0 spiro atoms. The van der Waals surface area contributed by atoms with E-state index >= 15 is 0 Å². The summed E-state index contributed by atoms with van der Waals surface area (Å²) in [4.78, 5) is 10.8. The molecule has 1 aromatic heterocycles. The Bertz CT molecular complexity index is 315. The minimum atomic E-state index is -0.205. The van der Waals surface area contributed by atoms with E-state index in [1.165, 1.54) is 18.4 Å². The molecule has 12 heavy (non-hydrogen) atoms. The highest BCUT2D eigenvalue weighted by atomic mass is 32.1. The molecule has 0 aliphatic rings. The Morgan fingerprint density at radius 3 is 3.08 bits per heavy atom. The number of methoxy groups -OCH3 is 1. The lowest BCUT2D eigenvalue weighted by Crippen LogP contribution is -2.05. The van der Waals surface area contributed by atoms with Gasteiger partial charge in [0.25, 0.3) is 0 Å². The summed E-state index contributed by atoms with van der Waals surface area (Å²) in [6, 6.07) is 0. The van der Waals surface area contributed by atoms with Crippen LogP contribution in [0.3, 0.4) is 0 Å². The Morgan fingerprint density at radius 1 is 1.83 bits per heavy atom. The molecule has 0 radical (unpaired) electrons. The molecule has 0 aliphatic carbocycles. The monoisotopic (exact) mass is 203 g/mol. The molecule has 0 bridgehead atoms. The maximum absolute atomic E-state index is 10.8. The first-order valence-electron chi connectivity index (χ1n) is 3.45. The first-order valence-corrected chi connectivity index (χ1v) is 4.73. The van der Waals surface area contributed by atoms with Crippen LogP contribution < -0.4 is 0 Å². The van der Waals surface area contributed by atoms with Crippen molar-refractivity contribution in [2.45, 2.75) is 13.0 Å². The normalized spacial score (nSPS) is 9.75. The minimum Gasteiger partial charge on any atom is -0.469 e. The van der Waals surface area contributed by atoms with Crippen LogP contribution in [0.1, 0.15) is 6.42 Å². The summed E-state index contributed by atoms with van der Waals surface area (Å²) >= 11 is 6.49. The summed E-state index contributed by atoms with van der Waals surface area (Å²) < 4.78 is 7.15. The van der Waals surface area contributed by atoms with E-state index in [0.29, 0.717) is 13.0 Å². The van der Waals surface area contributed by atoms with E-state index in [-0.39, 0.29) is 5.97 Å². The van der Waals surface area contributed by atoms with Crippen molar-refractivity contribution in [2.75, 3.05) is 7.11 Å². The van der Waals surface area contributed by atoms with Gasteiger partial charge in [-0.1, -0.05) is 0 Å². The van der Waals surface area contributed by atoms with Gasteiger partial charge in [-0.2, -0.15) is 0 Å². The fraction of sp³-hybridized carbons (Fsp3) is 0.429. The van der Waals surface area contributed by atoms with Crippen LogP contribution in [0.25, 0.3) is 0 Å². The lowest BCUT2D eigenvalue weighted by Gasteiger charge is -1.99. The zero-order valence-electron chi connectivity index (χ0n) is 6.65. The highest BCUT2D eigenvalue weighted by Gasteiger charge is 2.00. The van der Waals surface area contributed by atoms with Gasteiger partial charge in [-0.15, -0.1) is 11.3 Å². The maximum Gasteiger partial charge on any atom is 0.307 e. The van der Waals surface area contributed by atoms with Crippen molar-refractivity contribution in [3.63, 3.8) is 0 Å². The molecule has 0 N–H and O–H groups in total. The summed E-state index contributed by atoms with van der Waals surface area (Å²) in [7, 11) is 1.38. The molecule has 1 heterocycles. The lowest BCUT2D eigenvalue weighted by molar-refractivity contribution is -0.140. The van der Waals surface area contributed by atoms with E-state index in [4.69, 9.17) is 12.2 Å². The average molecular weight is 203 g/mol. The molecule has 0 fully saturated rings. The lowest BCUT2D eigenvalue weighted by atomic mass is 10.4. The standard InChI is InChI=1S/C7H9NO2S2/c1-10-6(9)2-3-8-4-5-12-7(8)11/h4-5H,2-3H2,1H3. The summed E-state index contributed by atoms with van der Waals surface area (Å²) in [5.41, 5.74) is 0. The van der Waals surface area contributed by atoms with Crippen LogP contribution in [0.2, 0.25) is 0 Å². The predicted octanol–water partition coefficient (Wildman–Crippen LogP) is 1.84. The second kappa shape index (κ2) is 4.37. The second-order valence-corrected chi connectivity index (χ2v) is 3.73. The molecule has 1 aromatic rings. The molecular formula is C7H9NO2S2. The SMILES string of the molecule is COC(=O)CCn1ccsc1=S. The topological polar surface area (TPSA) is 31.2 Å². The third-order valence-corrected chi connectivity index (χ3v) is 2.65. The van der Waals surface area contributed by atoms with Gasteiger partial charge in [-0.3, -0.25) is 4.79 Å². The number of esters is 1. The van der Waals surface area contributed by atoms with Crippen molar-refractivity contribution in [3.8, 4) is 0 Å². The molecule has 0 saturated carbocycles.